The summed E-state index contributed by atoms with van der Waals surface area (Å²) in [6.45, 7) is 11.3. The van der Waals surface area contributed by atoms with Crippen LogP contribution in [0.25, 0.3) is 0 Å². The van der Waals surface area contributed by atoms with E-state index in [1.807, 2.05) is 37.1 Å². The third-order valence-electron chi connectivity index (χ3n) is 10.1. The summed E-state index contributed by atoms with van der Waals surface area (Å²) in [6.07, 6.45) is 9.38. The highest BCUT2D eigenvalue weighted by atomic mass is 32.1. The van der Waals surface area contributed by atoms with E-state index in [0.29, 0.717) is 36.8 Å². The van der Waals surface area contributed by atoms with Gasteiger partial charge in [0.15, 0.2) is 0 Å². The Morgan fingerprint density at radius 3 is 2.45 bits per heavy atom. The van der Waals surface area contributed by atoms with Gasteiger partial charge in [-0.2, -0.15) is 5.10 Å². The number of aromatic amines is 1. The zero-order valence-corrected chi connectivity index (χ0v) is 27.0. The van der Waals surface area contributed by atoms with Gasteiger partial charge in [0, 0.05) is 72.4 Å². The molecule has 1 aliphatic carbocycles. The molecule has 1 aromatic carbocycles. The number of H-pyrrole nitrogens is 1. The second kappa shape index (κ2) is 11.7. The smallest absolute Gasteiger partial charge is 0.255 e. The molecule has 9 heteroatoms. The van der Waals surface area contributed by atoms with Crippen LogP contribution in [0, 0.1) is 27.7 Å². The number of nitrogens with zero attached hydrogens (tertiary/aromatic N) is 5. The van der Waals surface area contributed by atoms with Crippen molar-refractivity contribution in [1.29, 1.82) is 0 Å². The zero-order valence-electron chi connectivity index (χ0n) is 26.2. The second-order valence-electron chi connectivity index (χ2n) is 13.0. The molecule has 2 aliphatic heterocycles. The highest BCUT2D eigenvalue weighted by molar-refractivity contribution is 7.16. The highest BCUT2D eigenvalue weighted by Crippen LogP contribution is 2.46. The SMILES string of the molecule is Cc1cc(C)c(CN2CCc3sc(N(c4ccccc4C)C4CCC(N5CC(n6cccn6)C5)CC4)c(C)c3C2=O)c(=O)[nH]1. The molecule has 4 aromatic rings. The Hall–Kier alpha value is -3.69. The minimum Gasteiger partial charge on any atom is -0.334 e. The molecular formula is C35H42N6O2S. The molecule has 1 saturated carbocycles. The van der Waals surface area contributed by atoms with Gasteiger partial charge in [-0.1, -0.05) is 18.2 Å². The van der Waals surface area contributed by atoms with Crippen LogP contribution in [-0.2, 0) is 13.0 Å². The van der Waals surface area contributed by atoms with E-state index in [4.69, 9.17) is 0 Å². The molecule has 2 fully saturated rings. The van der Waals surface area contributed by atoms with E-state index in [1.54, 1.807) is 11.3 Å². The first kappa shape index (κ1) is 29.0. The number of hydrogen-bond donors (Lipinski definition) is 1. The summed E-state index contributed by atoms with van der Waals surface area (Å²) in [5.74, 6) is 0.0450. The molecule has 0 spiro atoms. The Balaban J connectivity index is 1.13. The molecule has 8 nitrogen and oxygen atoms in total. The van der Waals surface area contributed by atoms with Gasteiger partial charge in [0.25, 0.3) is 11.5 Å². The predicted molar refractivity (Wildman–Crippen MR) is 176 cm³/mol. The van der Waals surface area contributed by atoms with Crippen molar-refractivity contribution in [3.63, 3.8) is 0 Å². The fourth-order valence-corrected chi connectivity index (χ4v) is 8.97. The van der Waals surface area contributed by atoms with E-state index >= 15 is 0 Å². The topological polar surface area (TPSA) is 77.5 Å². The summed E-state index contributed by atoms with van der Waals surface area (Å²) in [5.41, 5.74) is 6.77. The summed E-state index contributed by atoms with van der Waals surface area (Å²) >= 11 is 1.80. The van der Waals surface area contributed by atoms with Crippen molar-refractivity contribution in [1.82, 2.24) is 24.6 Å². The summed E-state index contributed by atoms with van der Waals surface area (Å²) in [6, 6.07) is 14.2. The first-order valence-corrected chi connectivity index (χ1v) is 16.8. The molecule has 0 radical (unpaired) electrons. The minimum atomic E-state index is -0.0970. The molecule has 3 aliphatic rings. The van der Waals surface area contributed by atoms with Gasteiger partial charge in [-0.05, 0) is 88.3 Å². The molecule has 1 N–H and O–H groups in total. The lowest BCUT2D eigenvalue weighted by Crippen LogP contribution is -2.54. The minimum absolute atomic E-state index is 0.0450. The van der Waals surface area contributed by atoms with Gasteiger partial charge in [0.1, 0.15) is 0 Å². The Morgan fingerprint density at radius 1 is 0.977 bits per heavy atom. The number of nitrogens with one attached hydrogen (secondary N) is 1. The van der Waals surface area contributed by atoms with Gasteiger partial charge >= 0.3 is 0 Å². The summed E-state index contributed by atoms with van der Waals surface area (Å²) in [4.78, 5) is 37.9. The molecule has 3 aromatic heterocycles. The number of carbonyl (C=O) groups excluding carboxylic acids is 1. The van der Waals surface area contributed by atoms with Crippen LogP contribution < -0.4 is 10.5 Å². The maximum atomic E-state index is 14.0. The van der Waals surface area contributed by atoms with Crippen molar-refractivity contribution < 1.29 is 4.79 Å². The van der Waals surface area contributed by atoms with Crippen molar-refractivity contribution >= 4 is 27.9 Å². The van der Waals surface area contributed by atoms with Gasteiger partial charge in [0.2, 0.25) is 0 Å². The third-order valence-corrected chi connectivity index (χ3v) is 11.4. The molecule has 0 bridgehead atoms. The number of amides is 1. The van der Waals surface area contributed by atoms with Crippen LogP contribution >= 0.6 is 11.3 Å². The number of fused-ring (bicyclic) bond motifs is 1. The van der Waals surface area contributed by atoms with E-state index in [2.05, 4.69) is 68.9 Å². The number of pyridine rings is 1. The Kier molecular flexibility index (Phi) is 7.70. The van der Waals surface area contributed by atoms with E-state index < -0.39 is 0 Å². The molecule has 7 rings (SSSR count). The Morgan fingerprint density at radius 2 is 1.75 bits per heavy atom. The summed E-state index contributed by atoms with van der Waals surface area (Å²) < 4.78 is 2.10. The van der Waals surface area contributed by atoms with Crippen LogP contribution in [0.4, 0.5) is 10.7 Å². The number of benzene rings is 1. The first-order valence-electron chi connectivity index (χ1n) is 16.0. The van der Waals surface area contributed by atoms with Crippen LogP contribution in [0.3, 0.4) is 0 Å². The average Bonchev–Trinajstić information content (AvgIpc) is 3.62. The van der Waals surface area contributed by atoms with E-state index in [0.717, 1.165) is 54.7 Å². The number of hydrogen-bond acceptors (Lipinski definition) is 6. The standard InChI is InChI=1S/C35H42N6O2S/c1-22-8-5-6-9-30(22)41(27-12-10-26(11-13-27)39-19-28(20-39)40-16-7-15-36-40)35-25(4)32-31(44-35)14-17-38(34(32)43)21-29-23(2)18-24(3)37-33(29)42/h5-9,15-16,18,26-28H,10-14,17,19-21H2,1-4H3,(H,37,42). The van der Waals surface area contributed by atoms with Crippen LogP contribution in [0.5, 0.6) is 0 Å². The predicted octanol–water partition coefficient (Wildman–Crippen LogP) is 6.07. The number of para-hydroxylation sites is 1. The fourth-order valence-electron chi connectivity index (χ4n) is 7.60. The van der Waals surface area contributed by atoms with Crippen LogP contribution in [0.1, 0.15) is 74.9 Å². The number of thiophene rings is 1. The summed E-state index contributed by atoms with van der Waals surface area (Å²) in [5, 5.41) is 5.65. The molecule has 0 atom stereocenters. The van der Waals surface area contributed by atoms with Crippen molar-refractivity contribution in [2.45, 2.75) is 84.5 Å². The van der Waals surface area contributed by atoms with Gasteiger partial charge in [-0.3, -0.25) is 19.2 Å². The molecule has 5 heterocycles. The van der Waals surface area contributed by atoms with Gasteiger partial charge < -0.3 is 14.8 Å². The number of carbonyl (C=O) groups is 1. The first-order chi connectivity index (χ1) is 21.3. The number of aromatic nitrogens is 3. The summed E-state index contributed by atoms with van der Waals surface area (Å²) in [7, 11) is 0. The van der Waals surface area contributed by atoms with Crippen molar-refractivity contribution in [2.75, 3.05) is 24.5 Å². The number of anilines is 2. The van der Waals surface area contributed by atoms with E-state index in [9.17, 15) is 9.59 Å². The van der Waals surface area contributed by atoms with Crippen LogP contribution in [0.2, 0.25) is 0 Å². The van der Waals surface area contributed by atoms with Crippen LogP contribution in [-0.4, -0.2) is 62.2 Å². The quantitative estimate of drug-likeness (QED) is 0.275. The third kappa shape index (κ3) is 5.20. The lowest BCUT2D eigenvalue weighted by Gasteiger charge is -2.48. The Bertz CT molecular complexity index is 1730. The van der Waals surface area contributed by atoms with Crippen LogP contribution in [0.15, 0.2) is 53.6 Å². The number of aryl methyl sites for hydroxylation is 3. The molecule has 0 unspecified atom stereocenters. The molecule has 230 valence electrons. The number of likely N-dealkylation sites (tertiary alicyclic amines) is 1. The van der Waals surface area contributed by atoms with Gasteiger partial charge in [-0.25, -0.2) is 0 Å². The van der Waals surface area contributed by atoms with Crippen molar-refractivity contribution in [3.05, 3.63) is 97.5 Å². The van der Waals surface area contributed by atoms with Gasteiger partial charge in [-0.15, -0.1) is 11.3 Å². The Labute approximate surface area is 263 Å². The maximum absolute atomic E-state index is 14.0. The number of rotatable bonds is 7. The van der Waals surface area contributed by atoms with Crippen molar-refractivity contribution in [3.8, 4) is 0 Å². The molecule has 1 amide bonds. The lowest BCUT2D eigenvalue weighted by molar-refractivity contribution is 0.0338. The molecule has 44 heavy (non-hydrogen) atoms. The van der Waals surface area contributed by atoms with E-state index in [-0.39, 0.29) is 11.5 Å². The normalized spacial score (nSPS) is 20.9. The average molecular weight is 611 g/mol. The molecule has 1 saturated heterocycles. The maximum Gasteiger partial charge on any atom is 0.255 e. The highest BCUT2D eigenvalue weighted by Gasteiger charge is 2.39. The monoisotopic (exact) mass is 610 g/mol. The second-order valence-corrected chi connectivity index (χ2v) is 14.0. The zero-order chi connectivity index (χ0) is 30.5. The van der Waals surface area contributed by atoms with Crippen molar-refractivity contribution in [2.24, 2.45) is 0 Å². The van der Waals surface area contributed by atoms with E-state index in [1.165, 1.54) is 34.0 Å². The molecular weight excluding hydrogens is 568 g/mol. The fraction of sp³-hybridized carbons (Fsp3) is 0.457. The largest absolute Gasteiger partial charge is 0.334 e. The van der Waals surface area contributed by atoms with Gasteiger partial charge in [0.05, 0.1) is 23.2 Å². The lowest BCUT2D eigenvalue weighted by atomic mass is 9.86.